The first-order valence-corrected chi connectivity index (χ1v) is 28.1. The predicted molar refractivity (Wildman–Crippen MR) is 152 cm³/mol. The average molecular weight is 566 g/mol. The topological polar surface area (TPSA) is 57.2 Å². The molecule has 0 heterocycles. The fraction of sp³-hybridized carbons (Fsp3) is 0.650. The maximum Gasteiger partial charge on any atom is 0.636 e. The summed E-state index contributed by atoms with van der Waals surface area (Å²) in [5.74, 6) is 0. The van der Waals surface area contributed by atoms with Crippen LogP contribution in [-0.4, -0.2) is 65.8 Å². The summed E-state index contributed by atoms with van der Waals surface area (Å²) in [4.78, 5) is 12.2. The number of carbonyl (C=O) groups excluding carboxylic acids is 1. The van der Waals surface area contributed by atoms with Gasteiger partial charge in [-0.05, 0) is 70.6 Å². The first-order valence-electron chi connectivity index (χ1n) is 11.8. The summed E-state index contributed by atoms with van der Waals surface area (Å²) in [5.41, 5.74) is 0.584. The van der Waals surface area contributed by atoms with E-state index in [1.807, 2.05) is 12.1 Å². The van der Waals surface area contributed by atoms with Crippen molar-refractivity contribution in [3.63, 3.8) is 0 Å². The predicted octanol–water partition coefficient (Wildman–Crippen LogP) is 4.79. The molecule has 13 heteroatoms. The number of anilines is 1. The van der Waals surface area contributed by atoms with E-state index in [1.165, 1.54) is 12.2 Å². The molecule has 0 bridgehead atoms. The first-order chi connectivity index (χ1) is 15.0. The van der Waals surface area contributed by atoms with E-state index in [0.717, 1.165) is 17.0 Å². The summed E-state index contributed by atoms with van der Waals surface area (Å²) < 4.78 is 39.3. The van der Waals surface area contributed by atoms with E-state index >= 15 is 0 Å². The van der Waals surface area contributed by atoms with Crippen molar-refractivity contribution in [2.45, 2.75) is 77.6 Å². The fourth-order valence-electron chi connectivity index (χ4n) is 3.41. The van der Waals surface area contributed by atoms with Gasteiger partial charge in [0.15, 0.2) is 35.4 Å². The number of amides is 1. The van der Waals surface area contributed by atoms with Gasteiger partial charge in [0.2, 0.25) is 0 Å². The highest BCUT2D eigenvalue weighted by Crippen LogP contribution is 2.28. The summed E-state index contributed by atoms with van der Waals surface area (Å²) in [7, 11) is -10.0. The zero-order valence-corrected chi connectivity index (χ0v) is 28.8. The molecule has 0 aromatic heterocycles. The van der Waals surface area contributed by atoms with Gasteiger partial charge < -0.3 is 16.5 Å². The summed E-state index contributed by atoms with van der Waals surface area (Å²) in [5, 5.41) is 1.20. The van der Waals surface area contributed by atoms with Gasteiger partial charge in [0.05, 0.1) is 8.07 Å². The molecular weight excluding hydrogens is 522 g/mol. The van der Waals surface area contributed by atoms with E-state index in [0.29, 0.717) is 5.69 Å². The van der Waals surface area contributed by atoms with Gasteiger partial charge in [0.25, 0.3) is 0 Å². The third-order valence-electron chi connectivity index (χ3n) is 5.17. The minimum absolute atomic E-state index is 0.584. The van der Waals surface area contributed by atoms with E-state index in [2.05, 4.69) is 71.5 Å². The maximum absolute atomic E-state index is 13.2. The molecule has 0 spiro atoms. The second kappa shape index (κ2) is 12.6. The van der Waals surface area contributed by atoms with Crippen LogP contribution in [0.25, 0.3) is 0 Å². The summed E-state index contributed by atoms with van der Waals surface area (Å²) >= 11 is 0. The van der Waals surface area contributed by atoms with Crippen LogP contribution in [0.2, 0.25) is 77.6 Å². The molecule has 0 saturated carbocycles. The Morgan fingerprint density at radius 2 is 1.39 bits per heavy atom. The summed E-state index contributed by atoms with van der Waals surface area (Å²) in [6, 6.07) is 9.68. The van der Waals surface area contributed by atoms with Crippen LogP contribution in [0.1, 0.15) is 0 Å². The Balaban J connectivity index is 3.08. The van der Waals surface area contributed by atoms with Gasteiger partial charge >= 0.3 is 15.2 Å². The number of nitrogens with zero attached hydrogens (tertiary/aromatic N) is 1. The lowest BCUT2D eigenvalue weighted by Crippen LogP contribution is -2.60. The Hall–Kier alpha value is -0.239. The average Bonchev–Trinajstić information content (AvgIpc) is 2.63. The molecule has 0 radical (unpaired) electrons. The molecule has 0 saturated heterocycles. The fourth-order valence-corrected chi connectivity index (χ4v) is 23.8. The second-order valence-electron chi connectivity index (χ2n) is 10.6. The molecule has 1 rings (SSSR count). The third kappa shape index (κ3) is 10.5. The number of hydrogen-bond acceptors (Lipinski definition) is 5. The van der Waals surface area contributed by atoms with Crippen LogP contribution >= 0.6 is 0 Å². The summed E-state index contributed by atoms with van der Waals surface area (Å²) in [6.45, 7) is 21.9. The van der Waals surface area contributed by atoms with Gasteiger partial charge in [-0.3, -0.25) is 4.90 Å². The first kappa shape index (κ1) is 30.8. The zero-order chi connectivity index (χ0) is 25.6. The van der Waals surface area contributed by atoms with Crippen molar-refractivity contribution in [1.82, 2.24) is 0 Å². The third-order valence-corrected chi connectivity index (χ3v) is 22.8. The van der Waals surface area contributed by atoms with E-state index in [4.69, 9.17) is 16.5 Å². The van der Waals surface area contributed by atoms with Gasteiger partial charge in [-0.1, -0.05) is 36.5 Å². The highest BCUT2D eigenvalue weighted by atomic mass is 28.5. The van der Waals surface area contributed by atoms with E-state index < -0.39 is 58.7 Å². The smallest absolute Gasteiger partial charge is 0.399 e. The van der Waals surface area contributed by atoms with Crippen LogP contribution in [0.4, 0.5) is 14.9 Å². The minimum Gasteiger partial charge on any atom is -0.399 e. The van der Waals surface area contributed by atoms with Crippen molar-refractivity contribution in [2.24, 2.45) is 0 Å². The Kier molecular flexibility index (Phi) is 11.8. The molecular formula is C20H44FNO5Si6. The van der Waals surface area contributed by atoms with Crippen LogP contribution in [-0.2, 0) is 16.5 Å². The monoisotopic (exact) mass is 565 g/mol. The van der Waals surface area contributed by atoms with Gasteiger partial charge in [-0.2, -0.15) is 0 Å². The molecule has 0 aliphatic carbocycles. The molecule has 1 amide bonds. The quantitative estimate of drug-likeness (QED) is 0.196. The van der Waals surface area contributed by atoms with Gasteiger partial charge in [-0.15, -0.1) is 4.39 Å². The van der Waals surface area contributed by atoms with E-state index in [1.54, 1.807) is 6.07 Å². The molecule has 0 aliphatic rings. The Bertz CT molecular complexity index is 755. The number of rotatable bonds is 13. The Morgan fingerprint density at radius 3 is 1.82 bits per heavy atom. The van der Waals surface area contributed by atoms with Crippen LogP contribution < -0.4 is 10.1 Å². The molecule has 190 valence electrons. The molecule has 0 fully saturated rings. The highest BCUT2D eigenvalue weighted by molar-refractivity contribution is 6.92. The number of halogens is 1. The Labute approximate surface area is 208 Å². The van der Waals surface area contributed by atoms with Crippen molar-refractivity contribution in [1.29, 1.82) is 0 Å². The van der Waals surface area contributed by atoms with Crippen molar-refractivity contribution in [3.8, 4) is 0 Å². The minimum atomic E-state index is -3.16. The van der Waals surface area contributed by atoms with Gasteiger partial charge in [0, 0.05) is 12.7 Å². The van der Waals surface area contributed by atoms with Crippen molar-refractivity contribution in [2.75, 3.05) is 11.9 Å². The highest BCUT2D eigenvalue weighted by Gasteiger charge is 2.51. The van der Waals surface area contributed by atoms with Gasteiger partial charge in [0.1, 0.15) is 0 Å². The van der Waals surface area contributed by atoms with Crippen molar-refractivity contribution < 1.29 is 25.6 Å². The lowest BCUT2D eigenvalue weighted by Gasteiger charge is -2.39. The molecule has 0 N–H and O–H groups in total. The lowest BCUT2D eigenvalue weighted by atomic mass is 10.3. The van der Waals surface area contributed by atoms with Crippen LogP contribution in [0.15, 0.2) is 24.3 Å². The van der Waals surface area contributed by atoms with Gasteiger partial charge in [-0.25, -0.2) is 4.79 Å². The van der Waals surface area contributed by atoms with E-state index in [9.17, 15) is 9.18 Å². The molecule has 0 aliphatic heterocycles. The lowest BCUT2D eigenvalue weighted by molar-refractivity contribution is 0.159. The molecule has 6 nitrogen and oxygen atoms in total. The zero-order valence-electron chi connectivity index (χ0n) is 22.3. The Morgan fingerprint density at radius 1 is 0.909 bits per heavy atom. The van der Waals surface area contributed by atoms with Crippen molar-refractivity contribution in [3.05, 3.63) is 24.3 Å². The summed E-state index contributed by atoms with van der Waals surface area (Å²) in [6.07, 6.45) is -1.45. The number of benzene rings is 1. The maximum atomic E-state index is 13.2. The standard InChI is InChI=1S/C20H44FNO5Si6/c1-22(20(21)23)18-13-12-14-19(17-18)31(8,9)15-16-32(10,11)27-33(24-28(2)3,25-29(4)5)26-30(6)7/h12-14,17,28-30H,15-16H2,1-11H3. The van der Waals surface area contributed by atoms with Crippen LogP contribution in [0.5, 0.6) is 0 Å². The van der Waals surface area contributed by atoms with Crippen LogP contribution in [0, 0.1) is 0 Å². The normalized spacial score (nSPS) is 13.3. The SMILES string of the molecule is CN(C(=O)F)c1cccc([Si](C)(C)CC[Si](C)(C)O[Si](O[SiH](C)C)(O[SiH](C)C)O[SiH](C)C)c1. The van der Waals surface area contributed by atoms with E-state index in [-0.39, 0.29) is 0 Å². The molecule has 0 atom stereocenters. The largest absolute Gasteiger partial charge is 0.636 e. The second-order valence-corrected chi connectivity index (χ2v) is 30.4. The van der Waals surface area contributed by atoms with Crippen LogP contribution in [0.3, 0.4) is 0 Å². The number of hydrogen-bond donors (Lipinski definition) is 0. The molecule has 1 aromatic rings. The molecule has 33 heavy (non-hydrogen) atoms. The molecule has 1 aromatic carbocycles. The molecule has 0 unspecified atom stereocenters. The number of carbonyl (C=O) groups is 1. The van der Waals surface area contributed by atoms with Crippen molar-refractivity contribution >= 4 is 69.6 Å².